The van der Waals surface area contributed by atoms with Crippen molar-refractivity contribution in [2.24, 2.45) is 0 Å². The molecule has 2 rings (SSSR count). The zero-order chi connectivity index (χ0) is 14.4. The van der Waals surface area contributed by atoms with Crippen molar-refractivity contribution in [1.82, 2.24) is 20.2 Å². The molecule has 2 heterocycles. The molecule has 0 radical (unpaired) electrons. The zero-order valence-electron chi connectivity index (χ0n) is 11.0. The van der Waals surface area contributed by atoms with Gasteiger partial charge in [-0.2, -0.15) is 4.98 Å². The number of rotatable bonds is 8. The zero-order valence-corrected chi connectivity index (χ0v) is 12.6. The van der Waals surface area contributed by atoms with Gasteiger partial charge in [-0.15, -0.1) is 11.3 Å². The molecule has 2 aromatic heterocycles. The summed E-state index contributed by atoms with van der Waals surface area (Å²) < 4.78 is 31.4. The summed E-state index contributed by atoms with van der Waals surface area (Å²) in [5, 5.41) is 6.75. The molecule has 0 atom stereocenters. The first kappa shape index (κ1) is 15.1. The van der Waals surface area contributed by atoms with E-state index in [-0.39, 0.29) is 6.54 Å². The fraction of sp³-hybridized carbons (Fsp3) is 0.455. The number of nitrogens with zero attached hydrogens (tertiary/aromatic N) is 2. The molecule has 0 aliphatic heterocycles. The predicted octanol–water partition coefficient (Wildman–Crippen LogP) is 0.762. The first-order chi connectivity index (χ1) is 9.62. The molecule has 0 aliphatic rings. The molecule has 0 saturated carbocycles. The SMILES string of the molecule is CCNCCc1ccc(S(=O)(=O)NCc2ncon2)s1. The highest BCUT2D eigenvalue weighted by Gasteiger charge is 2.17. The maximum absolute atomic E-state index is 12.1. The summed E-state index contributed by atoms with van der Waals surface area (Å²) in [6.45, 7) is 3.80. The number of hydrogen-bond donors (Lipinski definition) is 2. The fourth-order valence-corrected chi connectivity index (χ4v) is 3.91. The van der Waals surface area contributed by atoms with Gasteiger partial charge in [0.2, 0.25) is 16.4 Å². The van der Waals surface area contributed by atoms with Gasteiger partial charge in [-0.05, 0) is 31.6 Å². The highest BCUT2D eigenvalue weighted by atomic mass is 32.2. The largest absolute Gasteiger partial charge is 0.343 e. The van der Waals surface area contributed by atoms with Crippen LogP contribution in [0.15, 0.2) is 27.3 Å². The lowest BCUT2D eigenvalue weighted by atomic mass is 10.3. The molecule has 0 bridgehead atoms. The van der Waals surface area contributed by atoms with E-state index < -0.39 is 10.0 Å². The maximum Gasteiger partial charge on any atom is 0.250 e. The fourth-order valence-electron chi connectivity index (χ4n) is 1.53. The van der Waals surface area contributed by atoms with Crippen LogP contribution in [0.5, 0.6) is 0 Å². The Balaban J connectivity index is 1.95. The molecule has 9 heteroatoms. The van der Waals surface area contributed by atoms with Crippen molar-refractivity contribution in [3.63, 3.8) is 0 Å². The summed E-state index contributed by atoms with van der Waals surface area (Å²) in [6, 6.07) is 3.45. The summed E-state index contributed by atoms with van der Waals surface area (Å²) in [5.74, 6) is 0.303. The second-order valence-electron chi connectivity index (χ2n) is 4.00. The minimum Gasteiger partial charge on any atom is -0.343 e. The van der Waals surface area contributed by atoms with Gasteiger partial charge in [-0.25, -0.2) is 13.1 Å². The van der Waals surface area contributed by atoms with E-state index in [1.807, 2.05) is 13.0 Å². The van der Waals surface area contributed by atoms with E-state index in [4.69, 9.17) is 0 Å². The third kappa shape index (κ3) is 4.10. The molecule has 0 fully saturated rings. The van der Waals surface area contributed by atoms with Gasteiger partial charge in [0, 0.05) is 4.88 Å². The number of hydrogen-bond acceptors (Lipinski definition) is 7. The van der Waals surface area contributed by atoms with Gasteiger partial charge in [-0.1, -0.05) is 12.1 Å². The second kappa shape index (κ2) is 6.93. The molecule has 0 amide bonds. The molecule has 2 N–H and O–H groups in total. The minimum atomic E-state index is -3.52. The Hall–Kier alpha value is -1.29. The van der Waals surface area contributed by atoms with Gasteiger partial charge >= 0.3 is 0 Å². The van der Waals surface area contributed by atoms with Crippen LogP contribution in [0.1, 0.15) is 17.6 Å². The van der Waals surface area contributed by atoms with E-state index in [9.17, 15) is 8.42 Å². The molecule has 2 aromatic rings. The van der Waals surface area contributed by atoms with Crippen molar-refractivity contribution in [2.45, 2.75) is 24.1 Å². The monoisotopic (exact) mass is 316 g/mol. The quantitative estimate of drug-likeness (QED) is 0.698. The number of nitrogens with one attached hydrogen (secondary N) is 2. The van der Waals surface area contributed by atoms with E-state index in [1.54, 1.807) is 6.07 Å². The van der Waals surface area contributed by atoms with Gasteiger partial charge < -0.3 is 9.84 Å². The lowest BCUT2D eigenvalue weighted by Gasteiger charge is -2.01. The number of sulfonamides is 1. The Morgan fingerprint density at radius 1 is 1.40 bits per heavy atom. The number of aromatic nitrogens is 2. The molecule has 0 aromatic carbocycles. The molecular weight excluding hydrogens is 300 g/mol. The summed E-state index contributed by atoms with van der Waals surface area (Å²) in [4.78, 5) is 4.79. The Morgan fingerprint density at radius 2 is 2.25 bits per heavy atom. The van der Waals surface area contributed by atoms with E-state index in [0.29, 0.717) is 10.0 Å². The van der Waals surface area contributed by atoms with Gasteiger partial charge in [0.05, 0.1) is 6.54 Å². The summed E-state index contributed by atoms with van der Waals surface area (Å²) in [5.41, 5.74) is 0. The van der Waals surface area contributed by atoms with E-state index in [2.05, 4.69) is 24.7 Å². The minimum absolute atomic E-state index is 0.0173. The summed E-state index contributed by atoms with van der Waals surface area (Å²) >= 11 is 1.27. The van der Waals surface area contributed by atoms with Crippen LogP contribution in [0.3, 0.4) is 0 Å². The van der Waals surface area contributed by atoms with E-state index in [1.165, 1.54) is 11.3 Å². The topological polar surface area (TPSA) is 97.1 Å². The maximum atomic E-state index is 12.1. The second-order valence-corrected chi connectivity index (χ2v) is 7.16. The smallest absolute Gasteiger partial charge is 0.250 e. The molecule has 110 valence electrons. The normalized spacial score (nSPS) is 11.8. The van der Waals surface area contributed by atoms with Crippen LogP contribution in [-0.2, 0) is 23.0 Å². The van der Waals surface area contributed by atoms with Gasteiger partial charge in [-0.3, -0.25) is 0 Å². The molecule has 0 aliphatic carbocycles. The lowest BCUT2D eigenvalue weighted by molar-refractivity contribution is 0.409. The Bertz CT molecular complexity index is 622. The van der Waals surface area contributed by atoms with Crippen LogP contribution in [0.25, 0.3) is 0 Å². The van der Waals surface area contributed by atoms with Crippen molar-refractivity contribution in [3.05, 3.63) is 29.2 Å². The van der Waals surface area contributed by atoms with Crippen LogP contribution in [0, 0.1) is 0 Å². The van der Waals surface area contributed by atoms with E-state index in [0.717, 1.165) is 30.8 Å². The molecular formula is C11H16N4O3S2. The van der Waals surface area contributed by atoms with Crippen LogP contribution in [0.4, 0.5) is 0 Å². The Kier molecular flexibility index (Phi) is 5.24. The molecule has 0 spiro atoms. The molecule has 20 heavy (non-hydrogen) atoms. The standard InChI is InChI=1S/C11H16N4O3S2/c1-2-12-6-5-9-3-4-11(19-9)20(16,17)14-7-10-13-8-18-15-10/h3-4,8,12,14H,2,5-7H2,1H3. The average molecular weight is 316 g/mol. The molecule has 0 unspecified atom stereocenters. The summed E-state index contributed by atoms with van der Waals surface area (Å²) in [6.07, 6.45) is 1.98. The van der Waals surface area contributed by atoms with Gasteiger partial charge in [0.15, 0.2) is 5.82 Å². The first-order valence-electron chi connectivity index (χ1n) is 6.16. The Labute approximate surface area is 121 Å². The van der Waals surface area contributed by atoms with Crippen LogP contribution in [-0.4, -0.2) is 31.6 Å². The van der Waals surface area contributed by atoms with Crippen LogP contribution >= 0.6 is 11.3 Å². The summed E-state index contributed by atoms with van der Waals surface area (Å²) in [7, 11) is -3.52. The highest BCUT2D eigenvalue weighted by Crippen LogP contribution is 2.21. The first-order valence-corrected chi connectivity index (χ1v) is 8.46. The van der Waals surface area contributed by atoms with Crippen molar-refractivity contribution < 1.29 is 12.9 Å². The van der Waals surface area contributed by atoms with Gasteiger partial charge in [0.1, 0.15) is 4.21 Å². The molecule has 0 saturated heterocycles. The van der Waals surface area contributed by atoms with Crippen molar-refractivity contribution >= 4 is 21.4 Å². The number of likely N-dealkylation sites (N-methyl/N-ethyl adjacent to an activating group) is 1. The van der Waals surface area contributed by atoms with Crippen molar-refractivity contribution in [3.8, 4) is 0 Å². The van der Waals surface area contributed by atoms with Crippen LogP contribution in [0.2, 0.25) is 0 Å². The van der Waals surface area contributed by atoms with Crippen molar-refractivity contribution in [2.75, 3.05) is 13.1 Å². The van der Waals surface area contributed by atoms with Crippen molar-refractivity contribution in [1.29, 1.82) is 0 Å². The van der Waals surface area contributed by atoms with E-state index >= 15 is 0 Å². The Morgan fingerprint density at radius 3 is 2.95 bits per heavy atom. The predicted molar refractivity (Wildman–Crippen MR) is 74.9 cm³/mol. The lowest BCUT2D eigenvalue weighted by Crippen LogP contribution is -2.22. The van der Waals surface area contributed by atoms with Gasteiger partial charge in [0.25, 0.3) is 0 Å². The third-order valence-corrected chi connectivity index (χ3v) is 5.57. The van der Waals surface area contributed by atoms with Crippen LogP contribution < -0.4 is 10.0 Å². The average Bonchev–Trinajstić information content (AvgIpc) is 3.08. The highest BCUT2D eigenvalue weighted by molar-refractivity contribution is 7.91. The molecule has 7 nitrogen and oxygen atoms in total. The number of thiophene rings is 1. The third-order valence-electron chi connectivity index (χ3n) is 2.53.